The highest BCUT2D eigenvalue weighted by atomic mass is 16.3. The number of rotatable bonds is 4. The van der Waals surface area contributed by atoms with Crippen molar-refractivity contribution in [2.75, 3.05) is 13.6 Å². The van der Waals surface area contributed by atoms with Gasteiger partial charge in [-0.25, -0.2) is 0 Å². The summed E-state index contributed by atoms with van der Waals surface area (Å²) in [5.74, 6) is 0.249. The van der Waals surface area contributed by atoms with E-state index < -0.39 is 6.10 Å². The number of aromatic nitrogens is 1. The van der Waals surface area contributed by atoms with Crippen LogP contribution in [0, 0.1) is 5.92 Å². The molecule has 86 valence electrons. The minimum absolute atomic E-state index is 0.139. The Bertz CT molecular complexity index is 363. The third-order valence-electron chi connectivity index (χ3n) is 2.86. The third kappa shape index (κ3) is 2.58. The second-order valence-electron chi connectivity index (χ2n) is 4.31. The molecule has 1 N–H and O–H groups in total. The lowest BCUT2D eigenvalue weighted by atomic mass is 10.2. The maximum absolute atomic E-state index is 11.9. The molecule has 1 saturated carbocycles. The van der Waals surface area contributed by atoms with Crippen LogP contribution in [0.4, 0.5) is 0 Å². The van der Waals surface area contributed by atoms with Crippen molar-refractivity contribution in [1.82, 2.24) is 9.88 Å². The van der Waals surface area contributed by atoms with Gasteiger partial charge >= 0.3 is 0 Å². The van der Waals surface area contributed by atoms with Crippen molar-refractivity contribution in [3.8, 4) is 0 Å². The summed E-state index contributed by atoms with van der Waals surface area (Å²) in [4.78, 5) is 17.4. The van der Waals surface area contributed by atoms with Gasteiger partial charge in [-0.2, -0.15) is 0 Å². The van der Waals surface area contributed by atoms with Gasteiger partial charge in [0, 0.05) is 19.8 Å². The Morgan fingerprint density at radius 3 is 2.94 bits per heavy atom. The Hall–Kier alpha value is -1.42. The molecule has 4 heteroatoms. The lowest BCUT2D eigenvalue weighted by Gasteiger charge is -2.20. The summed E-state index contributed by atoms with van der Waals surface area (Å²) in [6.45, 7) is 0.389. The van der Waals surface area contributed by atoms with Gasteiger partial charge in [0.25, 0.3) is 5.91 Å². The largest absolute Gasteiger partial charge is 0.391 e. The number of aliphatic hydroxyl groups excluding tert-OH is 1. The van der Waals surface area contributed by atoms with Crippen molar-refractivity contribution < 1.29 is 9.90 Å². The van der Waals surface area contributed by atoms with Crippen LogP contribution in [-0.2, 0) is 0 Å². The maximum Gasteiger partial charge on any atom is 0.272 e. The Kier molecular flexibility index (Phi) is 3.19. The molecule has 16 heavy (non-hydrogen) atoms. The first-order valence-electron chi connectivity index (χ1n) is 5.53. The van der Waals surface area contributed by atoms with Crippen LogP contribution in [0.5, 0.6) is 0 Å². The van der Waals surface area contributed by atoms with Crippen LogP contribution in [-0.4, -0.2) is 40.6 Å². The first-order chi connectivity index (χ1) is 7.68. The van der Waals surface area contributed by atoms with Crippen LogP contribution >= 0.6 is 0 Å². The van der Waals surface area contributed by atoms with Gasteiger partial charge in [-0.3, -0.25) is 9.78 Å². The summed E-state index contributed by atoms with van der Waals surface area (Å²) >= 11 is 0. The Morgan fingerprint density at radius 1 is 1.62 bits per heavy atom. The van der Waals surface area contributed by atoms with Crippen LogP contribution in [0.25, 0.3) is 0 Å². The highest BCUT2D eigenvalue weighted by Crippen LogP contribution is 2.32. The van der Waals surface area contributed by atoms with E-state index in [1.54, 1.807) is 31.4 Å². The zero-order chi connectivity index (χ0) is 11.5. The minimum Gasteiger partial charge on any atom is -0.391 e. The molecule has 1 unspecified atom stereocenters. The summed E-state index contributed by atoms with van der Waals surface area (Å²) in [6.07, 6.45) is 3.36. The van der Waals surface area contributed by atoms with Gasteiger partial charge in [-0.05, 0) is 30.9 Å². The van der Waals surface area contributed by atoms with Crippen LogP contribution in [0.15, 0.2) is 24.4 Å². The van der Waals surface area contributed by atoms with E-state index in [1.807, 2.05) is 0 Å². The topological polar surface area (TPSA) is 53.4 Å². The molecule has 1 aliphatic carbocycles. The van der Waals surface area contributed by atoms with Gasteiger partial charge in [-0.15, -0.1) is 0 Å². The molecule has 1 aromatic heterocycles. The monoisotopic (exact) mass is 220 g/mol. The number of aliphatic hydroxyl groups is 1. The molecule has 0 aromatic carbocycles. The summed E-state index contributed by atoms with van der Waals surface area (Å²) in [7, 11) is 1.70. The van der Waals surface area contributed by atoms with E-state index in [2.05, 4.69) is 4.98 Å². The van der Waals surface area contributed by atoms with E-state index in [1.165, 1.54) is 4.90 Å². The fourth-order valence-corrected chi connectivity index (χ4v) is 1.68. The molecule has 1 aliphatic rings. The van der Waals surface area contributed by atoms with Gasteiger partial charge < -0.3 is 10.0 Å². The zero-order valence-electron chi connectivity index (χ0n) is 9.34. The number of likely N-dealkylation sites (N-methyl/N-ethyl adjacent to an activating group) is 1. The van der Waals surface area contributed by atoms with Crippen molar-refractivity contribution in [2.45, 2.75) is 18.9 Å². The molecular weight excluding hydrogens is 204 g/mol. The number of hydrogen-bond donors (Lipinski definition) is 1. The molecule has 1 amide bonds. The first kappa shape index (κ1) is 11.1. The van der Waals surface area contributed by atoms with E-state index in [-0.39, 0.29) is 5.91 Å². The molecule has 0 saturated heterocycles. The van der Waals surface area contributed by atoms with Crippen LogP contribution in [0.2, 0.25) is 0 Å². The predicted octanol–water partition coefficient (Wildman–Crippen LogP) is 0.925. The second kappa shape index (κ2) is 4.61. The second-order valence-corrected chi connectivity index (χ2v) is 4.31. The number of amides is 1. The standard InChI is InChI=1S/C12H16N2O2/c1-14(8-11(15)9-5-6-9)12(16)10-4-2-3-7-13-10/h2-4,7,9,11,15H,5-6,8H2,1H3. The highest BCUT2D eigenvalue weighted by molar-refractivity contribution is 5.92. The average Bonchev–Trinajstić information content (AvgIpc) is 3.13. The molecule has 0 aliphatic heterocycles. The van der Waals surface area contributed by atoms with E-state index in [9.17, 15) is 9.90 Å². The first-order valence-corrected chi connectivity index (χ1v) is 5.53. The van der Waals surface area contributed by atoms with Gasteiger partial charge in [0.1, 0.15) is 5.69 Å². The summed E-state index contributed by atoms with van der Waals surface area (Å²) in [6, 6.07) is 5.24. The van der Waals surface area contributed by atoms with E-state index in [4.69, 9.17) is 0 Å². The normalized spacial score (nSPS) is 16.9. The molecule has 1 aromatic rings. The van der Waals surface area contributed by atoms with Gasteiger partial charge in [0.05, 0.1) is 6.10 Å². The Balaban J connectivity index is 1.93. The molecule has 1 heterocycles. The smallest absolute Gasteiger partial charge is 0.272 e. The molecule has 0 bridgehead atoms. The van der Waals surface area contributed by atoms with Gasteiger partial charge in [0.2, 0.25) is 0 Å². The summed E-state index contributed by atoms with van der Waals surface area (Å²) < 4.78 is 0. The third-order valence-corrected chi connectivity index (χ3v) is 2.86. The minimum atomic E-state index is -0.391. The number of nitrogens with zero attached hydrogens (tertiary/aromatic N) is 2. The van der Waals surface area contributed by atoms with Crippen molar-refractivity contribution >= 4 is 5.91 Å². The number of carbonyl (C=O) groups excluding carboxylic acids is 1. The average molecular weight is 220 g/mol. The molecule has 0 spiro atoms. The van der Waals surface area contributed by atoms with Crippen molar-refractivity contribution in [2.24, 2.45) is 5.92 Å². The SMILES string of the molecule is CN(CC(O)C1CC1)C(=O)c1ccccn1. The van der Waals surface area contributed by atoms with Crippen LogP contribution < -0.4 is 0 Å². The summed E-state index contributed by atoms with van der Waals surface area (Å²) in [5, 5.41) is 9.74. The van der Waals surface area contributed by atoms with Gasteiger partial charge in [0.15, 0.2) is 0 Å². The zero-order valence-corrected chi connectivity index (χ0v) is 9.34. The lowest BCUT2D eigenvalue weighted by Crippen LogP contribution is -2.35. The van der Waals surface area contributed by atoms with Gasteiger partial charge in [-0.1, -0.05) is 6.07 Å². The number of pyridine rings is 1. The molecule has 4 nitrogen and oxygen atoms in total. The number of hydrogen-bond acceptors (Lipinski definition) is 3. The Morgan fingerprint density at radius 2 is 2.38 bits per heavy atom. The summed E-state index contributed by atoms with van der Waals surface area (Å²) in [5.41, 5.74) is 0.424. The van der Waals surface area contributed by atoms with E-state index >= 15 is 0 Å². The van der Waals surface area contributed by atoms with Crippen LogP contribution in [0.3, 0.4) is 0 Å². The van der Waals surface area contributed by atoms with E-state index in [0.717, 1.165) is 12.8 Å². The lowest BCUT2D eigenvalue weighted by molar-refractivity contribution is 0.0640. The predicted molar refractivity (Wildman–Crippen MR) is 59.9 cm³/mol. The molecular formula is C12H16N2O2. The molecule has 2 rings (SSSR count). The molecule has 1 atom stereocenters. The Labute approximate surface area is 94.9 Å². The quantitative estimate of drug-likeness (QED) is 0.821. The van der Waals surface area contributed by atoms with Crippen molar-refractivity contribution in [3.63, 3.8) is 0 Å². The number of carbonyl (C=O) groups is 1. The van der Waals surface area contributed by atoms with Crippen molar-refractivity contribution in [1.29, 1.82) is 0 Å². The molecule has 0 radical (unpaired) electrons. The van der Waals surface area contributed by atoms with E-state index in [0.29, 0.717) is 18.2 Å². The fraction of sp³-hybridized carbons (Fsp3) is 0.500. The molecule has 1 fully saturated rings. The fourth-order valence-electron chi connectivity index (χ4n) is 1.68. The maximum atomic E-state index is 11.9. The van der Waals surface area contributed by atoms with Crippen molar-refractivity contribution in [3.05, 3.63) is 30.1 Å². The van der Waals surface area contributed by atoms with Crippen LogP contribution in [0.1, 0.15) is 23.3 Å². The highest BCUT2D eigenvalue weighted by Gasteiger charge is 2.31.